The third kappa shape index (κ3) is 3.21. The first-order valence-corrected chi connectivity index (χ1v) is 6.76. The topological polar surface area (TPSA) is 113 Å². The number of rotatable bonds is 5. The molecule has 18 heavy (non-hydrogen) atoms. The molecule has 0 bridgehead atoms. The molecule has 0 aliphatic rings. The molecule has 0 saturated heterocycles. The molecule has 1 amide bonds. The van der Waals surface area contributed by atoms with Gasteiger partial charge < -0.3 is 5.73 Å². The van der Waals surface area contributed by atoms with Crippen LogP contribution in [0.4, 0.5) is 5.69 Å². The number of carbonyl (C=O) groups is 1. The minimum Gasteiger partial charge on any atom is -0.366 e. The lowest BCUT2D eigenvalue weighted by Crippen LogP contribution is -2.26. The molecule has 96 valence electrons. The maximum absolute atomic E-state index is 11.8. The summed E-state index contributed by atoms with van der Waals surface area (Å²) < 4.78 is 25.8. The molecule has 0 radical (unpaired) electrons. The Kier molecular flexibility index (Phi) is 4.28. The van der Waals surface area contributed by atoms with Gasteiger partial charge in [0.1, 0.15) is 0 Å². The summed E-state index contributed by atoms with van der Waals surface area (Å²) in [4.78, 5) is 11.0. The highest BCUT2D eigenvalue weighted by Crippen LogP contribution is 2.15. The number of nitrogens with two attached hydrogens (primary N) is 1. The summed E-state index contributed by atoms with van der Waals surface area (Å²) in [5.41, 5.74) is 5.49. The Bertz CT molecular complexity index is 590. The number of nitrogens with one attached hydrogen (secondary N) is 1. The third-order valence-corrected chi connectivity index (χ3v) is 4.00. The summed E-state index contributed by atoms with van der Waals surface area (Å²) in [6.45, 7) is 1.60. The van der Waals surface area contributed by atoms with E-state index in [0.29, 0.717) is 0 Å². The van der Waals surface area contributed by atoms with Crippen LogP contribution in [-0.2, 0) is 10.0 Å². The van der Waals surface area contributed by atoms with Crippen molar-refractivity contribution >= 4 is 21.6 Å². The van der Waals surface area contributed by atoms with Crippen LogP contribution >= 0.6 is 0 Å². The molecule has 1 aromatic rings. The zero-order valence-corrected chi connectivity index (χ0v) is 10.6. The lowest BCUT2D eigenvalue weighted by Gasteiger charge is -2.11. The summed E-state index contributed by atoms with van der Waals surface area (Å²) in [5, 5.41) is 7.61. The van der Waals surface area contributed by atoms with Crippen LogP contribution < -0.4 is 10.5 Å². The quantitative estimate of drug-likeness (QED) is 0.822. The van der Waals surface area contributed by atoms with E-state index in [1.165, 1.54) is 24.3 Å². The summed E-state index contributed by atoms with van der Waals surface area (Å²) in [6, 6.07) is 7.49. The van der Waals surface area contributed by atoms with Crippen LogP contribution in [0.25, 0.3) is 0 Å². The van der Waals surface area contributed by atoms with Gasteiger partial charge in [-0.25, -0.2) is 8.42 Å². The van der Waals surface area contributed by atoms with Crippen molar-refractivity contribution < 1.29 is 13.2 Å². The number of sulfonamides is 1. The smallest absolute Gasteiger partial charge is 0.249 e. The predicted molar refractivity (Wildman–Crippen MR) is 67.2 cm³/mol. The van der Waals surface area contributed by atoms with Gasteiger partial charge in [-0.1, -0.05) is 13.0 Å². The maximum atomic E-state index is 11.8. The van der Waals surface area contributed by atoms with Crippen LogP contribution in [0.1, 0.15) is 23.7 Å². The fraction of sp³-hybridized carbons (Fsp3) is 0.273. The van der Waals surface area contributed by atoms with Gasteiger partial charge in [0.05, 0.1) is 6.07 Å². The van der Waals surface area contributed by atoms with Crippen molar-refractivity contribution in [2.45, 2.75) is 18.6 Å². The van der Waals surface area contributed by atoms with Crippen molar-refractivity contribution in [1.29, 1.82) is 5.26 Å². The van der Waals surface area contributed by atoms with E-state index in [0.717, 1.165) is 0 Å². The van der Waals surface area contributed by atoms with Gasteiger partial charge in [-0.2, -0.15) is 5.26 Å². The van der Waals surface area contributed by atoms with Crippen LogP contribution in [0.3, 0.4) is 0 Å². The van der Waals surface area contributed by atoms with E-state index in [2.05, 4.69) is 4.72 Å². The van der Waals surface area contributed by atoms with Crippen molar-refractivity contribution in [3.8, 4) is 6.07 Å². The van der Waals surface area contributed by atoms with Gasteiger partial charge in [-0.3, -0.25) is 9.52 Å². The fourth-order valence-electron chi connectivity index (χ4n) is 1.35. The van der Waals surface area contributed by atoms with Crippen LogP contribution in [0, 0.1) is 11.3 Å². The van der Waals surface area contributed by atoms with Gasteiger partial charge in [-0.05, 0) is 24.6 Å². The molecular formula is C11H13N3O3S. The Balaban J connectivity index is 3.02. The lowest BCUT2D eigenvalue weighted by atomic mass is 10.2. The highest BCUT2D eigenvalue weighted by molar-refractivity contribution is 7.93. The van der Waals surface area contributed by atoms with E-state index in [-0.39, 0.29) is 17.7 Å². The molecule has 0 aromatic heterocycles. The molecule has 1 unspecified atom stereocenters. The lowest BCUT2D eigenvalue weighted by molar-refractivity contribution is 0.100. The normalized spacial score (nSPS) is 12.4. The number of amides is 1. The largest absolute Gasteiger partial charge is 0.366 e. The van der Waals surface area contributed by atoms with Gasteiger partial charge >= 0.3 is 0 Å². The zero-order chi connectivity index (χ0) is 13.8. The predicted octanol–water partition coefficient (Wildman–Crippen LogP) is 0.829. The number of primary amides is 1. The SMILES string of the molecule is CCC(C#N)S(=O)(=O)Nc1cccc(C(N)=O)c1. The van der Waals surface area contributed by atoms with Gasteiger partial charge in [0.25, 0.3) is 0 Å². The van der Waals surface area contributed by atoms with E-state index < -0.39 is 21.2 Å². The second-order valence-electron chi connectivity index (χ2n) is 3.62. The maximum Gasteiger partial charge on any atom is 0.249 e. The van der Waals surface area contributed by atoms with Gasteiger partial charge in [0, 0.05) is 11.3 Å². The van der Waals surface area contributed by atoms with E-state index in [1.807, 2.05) is 0 Å². The molecule has 6 nitrogen and oxygen atoms in total. The molecule has 0 saturated carbocycles. The molecule has 0 aliphatic carbocycles. The number of nitrogens with zero attached hydrogens (tertiary/aromatic N) is 1. The van der Waals surface area contributed by atoms with Crippen molar-refractivity contribution in [2.24, 2.45) is 5.73 Å². The second-order valence-corrected chi connectivity index (χ2v) is 5.48. The van der Waals surface area contributed by atoms with E-state index >= 15 is 0 Å². The number of benzene rings is 1. The summed E-state index contributed by atoms with van der Waals surface area (Å²) in [7, 11) is -3.78. The van der Waals surface area contributed by atoms with Crippen molar-refractivity contribution in [3.05, 3.63) is 29.8 Å². The number of carbonyl (C=O) groups excluding carboxylic acids is 1. The van der Waals surface area contributed by atoms with Gasteiger partial charge in [-0.15, -0.1) is 0 Å². The minimum atomic E-state index is -3.78. The second kappa shape index (κ2) is 5.51. The summed E-state index contributed by atoms with van der Waals surface area (Å²) in [5.74, 6) is -0.650. The number of hydrogen-bond donors (Lipinski definition) is 2. The standard InChI is InChI=1S/C11H13N3O3S/c1-2-10(7-12)18(16,17)14-9-5-3-4-8(6-9)11(13)15/h3-6,10,14H,2H2,1H3,(H2,13,15). The molecule has 1 rings (SSSR count). The highest BCUT2D eigenvalue weighted by Gasteiger charge is 2.23. The molecule has 3 N–H and O–H groups in total. The fourth-order valence-corrected chi connectivity index (χ4v) is 2.53. The molecule has 0 spiro atoms. The monoisotopic (exact) mass is 267 g/mol. The van der Waals surface area contributed by atoms with Crippen LogP contribution in [0.15, 0.2) is 24.3 Å². The van der Waals surface area contributed by atoms with Crippen molar-refractivity contribution in [3.63, 3.8) is 0 Å². The first-order chi connectivity index (χ1) is 8.40. The molecule has 0 fully saturated rings. The first kappa shape index (κ1) is 14.0. The Morgan fingerprint density at radius 3 is 2.72 bits per heavy atom. The Hall–Kier alpha value is -2.07. The Labute approximate surface area is 105 Å². The molecular weight excluding hydrogens is 254 g/mol. The van der Waals surface area contributed by atoms with Crippen LogP contribution in [0.2, 0.25) is 0 Å². The first-order valence-electron chi connectivity index (χ1n) is 5.21. The number of hydrogen-bond acceptors (Lipinski definition) is 4. The highest BCUT2D eigenvalue weighted by atomic mass is 32.2. The zero-order valence-electron chi connectivity index (χ0n) is 9.75. The van der Waals surface area contributed by atoms with Gasteiger partial charge in [0.15, 0.2) is 5.25 Å². The van der Waals surface area contributed by atoms with Crippen molar-refractivity contribution in [1.82, 2.24) is 0 Å². The van der Waals surface area contributed by atoms with Crippen molar-refractivity contribution in [2.75, 3.05) is 4.72 Å². The summed E-state index contributed by atoms with van der Waals surface area (Å²) in [6.07, 6.45) is 0.182. The number of nitriles is 1. The van der Waals surface area contributed by atoms with Crippen LogP contribution in [-0.4, -0.2) is 19.6 Å². The third-order valence-electron chi connectivity index (χ3n) is 2.30. The summed E-state index contributed by atoms with van der Waals surface area (Å²) >= 11 is 0. The average molecular weight is 267 g/mol. The Morgan fingerprint density at radius 1 is 1.56 bits per heavy atom. The molecule has 1 atom stereocenters. The molecule has 7 heteroatoms. The molecule has 0 heterocycles. The van der Waals surface area contributed by atoms with Crippen LogP contribution in [0.5, 0.6) is 0 Å². The Morgan fingerprint density at radius 2 is 2.22 bits per heavy atom. The minimum absolute atomic E-state index is 0.182. The van der Waals surface area contributed by atoms with E-state index in [9.17, 15) is 13.2 Å². The van der Waals surface area contributed by atoms with E-state index in [1.54, 1.807) is 13.0 Å². The molecule has 1 aromatic carbocycles. The molecule has 0 aliphatic heterocycles. The average Bonchev–Trinajstić information content (AvgIpc) is 2.29. The van der Waals surface area contributed by atoms with E-state index in [4.69, 9.17) is 11.0 Å². The number of anilines is 1. The van der Waals surface area contributed by atoms with Gasteiger partial charge in [0.2, 0.25) is 15.9 Å².